The molecule has 1 aliphatic heterocycles. The zero-order valence-electron chi connectivity index (χ0n) is 9.69. The number of carboxylic acid groups (broad SMARTS) is 1. The van der Waals surface area contributed by atoms with Crippen molar-refractivity contribution in [3.63, 3.8) is 0 Å². The van der Waals surface area contributed by atoms with Crippen molar-refractivity contribution < 1.29 is 9.90 Å². The maximum absolute atomic E-state index is 11.6. The third-order valence-electron chi connectivity index (χ3n) is 3.42. The molecule has 1 heterocycles. The fourth-order valence-electron chi connectivity index (χ4n) is 2.45. The van der Waals surface area contributed by atoms with Crippen LogP contribution < -0.4 is 5.32 Å². The zero-order valence-corrected chi connectivity index (χ0v) is 10.5. The first-order chi connectivity index (χ1) is 7.76. The van der Waals surface area contributed by atoms with Crippen LogP contribution in [0.3, 0.4) is 0 Å². The van der Waals surface area contributed by atoms with Gasteiger partial charge >= 0.3 is 5.97 Å². The molecule has 1 saturated heterocycles. The maximum Gasteiger partial charge on any atom is 0.314 e. The molecule has 0 amide bonds. The largest absolute Gasteiger partial charge is 0.481 e. The number of carbonyl (C=O) groups is 1. The highest BCUT2D eigenvalue weighted by atomic mass is 35.5. The second-order valence-corrected chi connectivity index (χ2v) is 4.36. The number of benzene rings is 1. The van der Waals surface area contributed by atoms with Gasteiger partial charge in [-0.15, -0.1) is 12.4 Å². The lowest BCUT2D eigenvalue weighted by molar-refractivity contribution is -0.144. The first-order valence-corrected chi connectivity index (χ1v) is 5.75. The third kappa shape index (κ3) is 2.79. The summed E-state index contributed by atoms with van der Waals surface area (Å²) in [5, 5.41) is 12.8. The summed E-state index contributed by atoms with van der Waals surface area (Å²) in [6, 6.07) is 9.61. The van der Waals surface area contributed by atoms with Crippen LogP contribution >= 0.6 is 12.4 Å². The van der Waals surface area contributed by atoms with E-state index in [-0.39, 0.29) is 12.4 Å². The highest BCUT2D eigenvalue weighted by Gasteiger charge is 2.40. The van der Waals surface area contributed by atoms with Gasteiger partial charge in [-0.05, 0) is 37.9 Å². The summed E-state index contributed by atoms with van der Waals surface area (Å²) in [6.45, 7) is 1.70. The normalized spacial score (nSPS) is 24.5. The Bertz CT molecular complexity index is 359. The Balaban J connectivity index is 0.00000144. The molecule has 0 aliphatic carbocycles. The molecule has 1 aromatic carbocycles. The predicted molar refractivity (Wildman–Crippen MR) is 69.7 cm³/mol. The lowest BCUT2D eigenvalue weighted by Gasteiger charge is -2.28. The lowest BCUT2D eigenvalue weighted by atomic mass is 9.74. The van der Waals surface area contributed by atoms with E-state index < -0.39 is 11.4 Å². The fraction of sp³-hybridized carbons (Fsp3) is 0.462. The van der Waals surface area contributed by atoms with Gasteiger partial charge in [-0.3, -0.25) is 4.79 Å². The van der Waals surface area contributed by atoms with Crippen LogP contribution in [-0.4, -0.2) is 24.2 Å². The first-order valence-electron chi connectivity index (χ1n) is 5.75. The predicted octanol–water partition coefficient (Wildman–Crippen LogP) is 2.20. The van der Waals surface area contributed by atoms with Crippen LogP contribution in [0.15, 0.2) is 30.3 Å². The summed E-state index contributed by atoms with van der Waals surface area (Å²) < 4.78 is 0. The fourth-order valence-corrected chi connectivity index (χ4v) is 2.45. The van der Waals surface area contributed by atoms with Crippen molar-refractivity contribution in [2.24, 2.45) is 0 Å². The third-order valence-corrected chi connectivity index (χ3v) is 3.42. The summed E-state index contributed by atoms with van der Waals surface area (Å²) in [6.07, 6.45) is 2.31. The van der Waals surface area contributed by atoms with Crippen molar-refractivity contribution in [3.05, 3.63) is 35.9 Å². The minimum Gasteiger partial charge on any atom is -0.481 e. The minimum atomic E-state index is -0.692. The van der Waals surface area contributed by atoms with Gasteiger partial charge in [0.2, 0.25) is 0 Å². The summed E-state index contributed by atoms with van der Waals surface area (Å²) in [5.41, 5.74) is 0.247. The zero-order chi connectivity index (χ0) is 11.4. The average molecular weight is 256 g/mol. The molecule has 1 atom stereocenters. The Morgan fingerprint density at radius 1 is 1.18 bits per heavy atom. The number of aliphatic carboxylic acids is 1. The van der Waals surface area contributed by atoms with E-state index in [0.29, 0.717) is 6.42 Å². The van der Waals surface area contributed by atoms with Crippen molar-refractivity contribution in [3.8, 4) is 0 Å². The number of halogens is 1. The molecule has 4 heteroatoms. The van der Waals surface area contributed by atoms with Gasteiger partial charge in [0.15, 0.2) is 0 Å². The van der Waals surface area contributed by atoms with Gasteiger partial charge in [0, 0.05) is 0 Å². The van der Waals surface area contributed by atoms with E-state index in [2.05, 4.69) is 5.32 Å². The monoisotopic (exact) mass is 255 g/mol. The molecule has 1 fully saturated rings. The molecule has 94 valence electrons. The van der Waals surface area contributed by atoms with Crippen LogP contribution in [0, 0.1) is 0 Å². The molecule has 0 aromatic heterocycles. The van der Waals surface area contributed by atoms with Gasteiger partial charge in [0.05, 0.1) is 5.41 Å². The Kier molecular flexibility index (Phi) is 4.97. The molecule has 2 rings (SSSR count). The lowest BCUT2D eigenvalue weighted by Crippen LogP contribution is -2.36. The van der Waals surface area contributed by atoms with Crippen LogP contribution in [-0.2, 0) is 10.2 Å². The van der Waals surface area contributed by atoms with E-state index in [9.17, 15) is 9.90 Å². The standard InChI is InChI=1S/C13H17NO2.ClH/c15-12(16)13(7-4-9-14-10-8-13)11-5-2-1-3-6-11;/h1-3,5-6,14H,4,7-10H2,(H,15,16);1H. The number of hydrogen-bond donors (Lipinski definition) is 2. The van der Waals surface area contributed by atoms with E-state index in [4.69, 9.17) is 0 Å². The quantitative estimate of drug-likeness (QED) is 0.852. The summed E-state index contributed by atoms with van der Waals surface area (Å²) in [5.74, 6) is -0.692. The molecule has 2 N–H and O–H groups in total. The molecule has 3 nitrogen and oxygen atoms in total. The highest BCUT2D eigenvalue weighted by molar-refractivity contribution is 5.85. The minimum absolute atomic E-state index is 0. The smallest absolute Gasteiger partial charge is 0.314 e. The van der Waals surface area contributed by atoms with Crippen LogP contribution in [0.1, 0.15) is 24.8 Å². The van der Waals surface area contributed by atoms with Gasteiger partial charge in [-0.2, -0.15) is 0 Å². The highest BCUT2D eigenvalue weighted by Crippen LogP contribution is 2.34. The summed E-state index contributed by atoms with van der Waals surface area (Å²) in [4.78, 5) is 11.6. The van der Waals surface area contributed by atoms with E-state index in [0.717, 1.165) is 31.5 Å². The number of carboxylic acids is 1. The second-order valence-electron chi connectivity index (χ2n) is 4.36. The van der Waals surface area contributed by atoms with E-state index in [1.807, 2.05) is 30.3 Å². The van der Waals surface area contributed by atoms with Crippen LogP contribution in [0.2, 0.25) is 0 Å². The maximum atomic E-state index is 11.6. The van der Waals surface area contributed by atoms with Gasteiger partial charge in [0.1, 0.15) is 0 Å². The van der Waals surface area contributed by atoms with Crippen molar-refractivity contribution >= 4 is 18.4 Å². The average Bonchev–Trinajstić information content (AvgIpc) is 2.56. The van der Waals surface area contributed by atoms with E-state index in [1.165, 1.54) is 0 Å². The van der Waals surface area contributed by atoms with Crippen molar-refractivity contribution in [2.45, 2.75) is 24.7 Å². The Labute approximate surface area is 108 Å². The van der Waals surface area contributed by atoms with Crippen molar-refractivity contribution in [1.82, 2.24) is 5.32 Å². The molecular weight excluding hydrogens is 238 g/mol. The molecule has 0 bridgehead atoms. The molecule has 0 radical (unpaired) electrons. The summed E-state index contributed by atoms with van der Waals surface area (Å²) >= 11 is 0. The number of rotatable bonds is 2. The molecule has 1 aliphatic rings. The molecule has 1 unspecified atom stereocenters. The van der Waals surface area contributed by atoms with Gasteiger partial charge in [0.25, 0.3) is 0 Å². The Morgan fingerprint density at radius 2 is 1.88 bits per heavy atom. The van der Waals surface area contributed by atoms with Crippen LogP contribution in [0.25, 0.3) is 0 Å². The molecule has 0 saturated carbocycles. The first kappa shape index (κ1) is 14.0. The SMILES string of the molecule is Cl.O=C(O)C1(c2ccccc2)CCCNCC1. The van der Waals surface area contributed by atoms with Crippen molar-refractivity contribution in [1.29, 1.82) is 0 Å². The topological polar surface area (TPSA) is 49.3 Å². The molecule has 1 aromatic rings. The number of nitrogens with one attached hydrogen (secondary N) is 1. The molecule has 17 heavy (non-hydrogen) atoms. The Hall–Kier alpha value is -1.06. The van der Waals surface area contributed by atoms with Crippen molar-refractivity contribution in [2.75, 3.05) is 13.1 Å². The second kappa shape index (κ2) is 6.03. The summed E-state index contributed by atoms with van der Waals surface area (Å²) in [7, 11) is 0. The van der Waals surface area contributed by atoms with Gasteiger partial charge in [-0.25, -0.2) is 0 Å². The van der Waals surface area contributed by atoms with Crippen LogP contribution in [0.4, 0.5) is 0 Å². The molecular formula is C13H18ClNO2. The van der Waals surface area contributed by atoms with Gasteiger partial charge < -0.3 is 10.4 Å². The van der Waals surface area contributed by atoms with Crippen LogP contribution in [0.5, 0.6) is 0 Å². The van der Waals surface area contributed by atoms with E-state index >= 15 is 0 Å². The van der Waals surface area contributed by atoms with E-state index in [1.54, 1.807) is 0 Å². The van der Waals surface area contributed by atoms with Gasteiger partial charge in [-0.1, -0.05) is 30.3 Å². The molecule has 0 spiro atoms. The Morgan fingerprint density at radius 3 is 2.53 bits per heavy atom. The number of hydrogen-bond acceptors (Lipinski definition) is 2.